The summed E-state index contributed by atoms with van der Waals surface area (Å²) in [5, 5.41) is 5.79. The van der Waals surface area contributed by atoms with Crippen LogP contribution >= 0.6 is 0 Å². The Morgan fingerprint density at radius 2 is 1.67 bits per heavy atom. The number of amides is 1. The Kier molecular flexibility index (Phi) is 5.40. The first-order chi connectivity index (χ1) is 12.8. The van der Waals surface area contributed by atoms with E-state index in [9.17, 15) is 9.59 Å². The number of ether oxygens (including phenoxy) is 1. The maximum Gasteiger partial charge on any atom is 0.355 e. The van der Waals surface area contributed by atoms with Gasteiger partial charge in [-0.2, -0.15) is 5.10 Å². The number of rotatable bonds is 4. The zero-order valence-corrected chi connectivity index (χ0v) is 15.9. The van der Waals surface area contributed by atoms with Gasteiger partial charge in [-0.05, 0) is 31.9 Å². The molecule has 5 nitrogen and oxygen atoms in total. The SMILES string of the molecule is CC(C)(C)OC(=O)C1=NN(Cc2ccccc2)C(=O)C[C@H]1c1ccccc1. The van der Waals surface area contributed by atoms with E-state index in [4.69, 9.17) is 4.74 Å². The Hall–Kier alpha value is -2.95. The van der Waals surface area contributed by atoms with Crippen LogP contribution in [0, 0.1) is 0 Å². The van der Waals surface area contributed by atoms with E-state index in [-0.39, 0.29) is 18.0 Å². The molecule has 1 atom stereocenters. The van der Waals surface area contributed by atoms with Gasteiger partial charge in [0, 0.05) is 12.3 Å². The van der Waals surface area contributed by atoms with Crippen LogP contribution in [0.1, 0.15) is 44.2 Å². The molecule has 0 aliphatic carbocycles. The third-order valence-corrected chi connectivity index (χ3v) is 4.21. The summed E-state index contributed by atoms with van der Waals surface area (Å²) in [5.74, 6) is -0.998. The van der Waals surface area contributed by atoms with E-state index in [2.05, 4.69) is 5.10 Å². The molecule has 140 valence electrons. The molecule has 0 N–H and O–H groups in total. The van der Waals surface area contributed by atoms with Crippen LogP contribution in [0.25, 0.3) is 0 Å². The van der Waals surface area contributed by atoms with Gasteiger partial charge in [0.15, 0.2) is 5.71 Å². The molecule has 1 amide bonds. The van der Waals surface area contributed by atoms with Crippen molar-refractivity contribution in [1.82, 2.24) is 5.01 Å². The van der Waals surface area contributed by atoms with Crippen LogP contribution in [-0.4, -0.2) is 28.2 Å². The fourth-order valence-corrected chi connectivity index (χ4v) is 2.99. The summed E-state index contributed by atoms with van der Waals surface area (Å²) >= 11 is 0. The molecule has 0 saturated heterocycles. The summed E-state index contributed by atoms with van der Waals surface area (Å²) in [5.41, 5.74) is 1.48. The van der Waals surface area contributed by atoms with Crippen molar-refractivity contribution in [1.29, 1.82) is 0 Å². The molecular formula is C22H24N2O3. The van der Waals surface area contributed by atoms with Crippen molar-refractivity contribution >= 4 is 17.6 Å². The Balaban J connectivity index is 1.94. The molecule has 1 aliphatic heterocycles. The van der Waals surface area contributed by atoms with Gasteiger partial charge in [-0.1, -0.05) is 60.7 Å². The highest BCUT2D eigenvalue weighted by atomic mass is 16.6. The summed E-state index contributed by atoms with van der Waals surface area (Å²) in [7, 11) is 0. The van der Waals surface area contributed by atoms with Gasteiger partial charge in [0.25, 0.3) is 0 Å². The zero-order valence-electron chi connectivity index (χ0n) is 15.9. The standard InChI is InChI=1S/C22H24N2O3/c1-22(2,3)27-21(26)20-18(17-12-8-5-9-13-17)14-19(25)24(23-20)15-16-10-6-4-7-11-16/h4-13,18H,14-15H2,1-3H3/t18-/m0/s1. The molecule has 0 fully saturated rings. The number of hydrogen-bond donors (Lipinski definition) is 0. The fraction of sp³-hybridized carbons (Fsp3) is 0.318. The van der Waals surface area contributed by atoms with Crippen molar-refractivity contribution in [3.63, 3.8) is 0 Å². The molecule has 0 spiro atoms. The second kappa shape index (κ2) is 7.74. The number of hydrazone groups is 1. The first kappa shape index (κ1) is 18.8. The predicted molar refractivity (Wildman–Crippen MR) is 104 cm³/mol. The molecule has 2 aromatic carbocycles. The maximum absolute atomic E-state index is 12.8. The van der Waals surface area contributed by atoms with Gasteiger partial charge in [-0.15, -0.1) is 0 Å². The van der Waals surface area contributed by atoms with E-state index >= 15 is 0 Å². The molecule has 5 heteroatoms. The average molecular weight is 364 g/mol. The van der Waals surface area contributed by atoms with Crippen LogP contribution in [-0.2, 0) is 20.9 Å². The lowest BCUT2D eigenvalue weighted by atomic mass is 9.89. The number of benzene rings is 2. The predicted octanol–water partition coefficient (Wildman–Crippen LogP) is 3.90. The van der Waals surface area contributed by atoms with Gasteiger partial charge < -0.3 is 4.74 Å². The summed E-state index contributed by atoms with van der Waals surface area (Å²) in [6.45, 7) is 5.78. The summed E-state index contributed by atoms with van der Waals surface area (Å²) < 4.78 is 5.56. The third kappa shape index (κ3) is 4.82. The van der Waals surface area contributed by atoms with Crippen LogP contribution in [0.4, 0.5) is 0 Å². The van der Waals surface area contributed by atoms with Crippen LogP contribution in [0.2, 0.25) is 0 Å². The molecule has 0 aromatic heterocycles. The normalized spacial score (nSPS) is 17.4. The Morgan fingerprint density at radius 3 is 2.26 bits per heavy atom. The number of carbonyl (C=O) groups is 2. The van der Waals surface area contributed by atoms with Crippen molar-refractivity contribution < 1.29 is 14.3 Å². The quantitative estimate of drug-likeness (QED) is 0.773. The smallest absolute Gasteiger partial charge is 0.355 e. The first-order valence-corrected chi connectivity index (χ1v) is 9.04. The van der Waals surface area contributed by atoms with Gasteiger partial charge >= 0.3 is 5.97 Å². The molecular weight excluding hydrogens is 340 g/mol. The minimum absolute atomic E-state index is 0.111. The molecule has 27 heavy (non-hydrogen) atoms. The lowest BCUT2D eigenvalue weighted by Gasteiger charge is -2.30. The molecule has 3 rings (SSSR count). The van der Waals surface area contributed by atoms with Crippen molar-refractivity contribution in [2.75, 3.05) is 0 Å². The fourth-order valence-electron chi connectivity index (χ4n) is 2.99. The van der Waals surface area contributed by atoms with E-state index in [1.54, 1.807) is 0 Å². The highest BCUT2D eigenvalue weighted by Crippen LogP contribution is 2.29. The maximum atomic E-state index is 12.8. The first-order valence-electron chi connectivity index (χ1n) is 9.04. The van der Waals surface area contributed by atoms with E-state index in [0.717, 1.165) is 11.1 Å². The van der Waals surface area contributed by atoms with E-state index in [0.29, 0.717) is 6.54 Å². The Morgan fingerprint density at radius 1 is 1.07 bits per heavy atom. The minimum atomic E-state index is -0.632. The van der Waals surface area contributed by atoms with Crippen molar-refractivity contribution in [3.8, 4) is 0 Å². The highest BCUT2D eigenvalue weighted by molar-refractivity contribution is 6.39. The van der Waals surface area contributed by atoms with Gasteiger partial charge in [0.05, 0.1) is 6.54 Å². The van der Waals surface area contributed by atoms with Crippen LogP contribution in [0.3, 0.4) is 0 Å². The third-order valence-electron chi connectivity index (χ3n) is 4.21. The van der Waals surface area contributed by atoms with Gasteiger partial charge in [-0.25, -0.2) is 9.80 Å². The van der Waals surface area contributed by atoms with Crippen molar-refractivity contribution in [2.45, 2.75) is 45.3 Å². The molecule has 2 aromatic rings. The summed E-state index contributed by atoms with van der Waals surface area (Å²) in [6, 6.07) is 19.1. The molecule has 1 heterocycles. The van der Waals surface area contributed by atoms with Crippen LogP contribution < -0.4 is 0 Å². The zero-order chi connectivity index (χ0) is 19.4. The van der Waals surface area contributed by atoms with Crippen molar-refractivity contribution in [2.24, 2.45) is 5.10 Å². The Labute approximate surface area is 159 Å². The lowest BCUT2D eigenvalue weighted by Crippen LogP contribution is -2.41. The van der Waals surface area contributed by atoms with Crippen LogP contribution in [0.15, 0.2) is 65.8 Å². The molecule has 0 radical (unpaired) electrons. The number of carbonyl (C=O) groups excluding carboxylic acids is 2. The highest BCUT2D eigenvalue weighted by Gasteiger charge is 2.36. The topological polar surface area (TPSA) is 59.0 Å². The monoisotopic (exact) mass is 364 g/mol. The largest absolute Gasteiger partial charge is 0.455 e. The Bertz CT molecular complexity index is 839. The number of nitrogens with zero attached hydrogens (tertiary/aromatic N) is 2. The number of hydrogen-bond acceptors (Lipinski definition) is 4. The molecule has 0 unspecified atom stereocenters. The minimum Gasteiger partial charge on any atom is -0.455 e. The van der Waals surface area contributed by atoms with Gasteiger partial charge in [-0.3, -0.25) is 4.79 Å². The summed E-state index contributed by atoms with van der Waals surface area (Å²) in [6.07, 6.45) is 0.189. The molecule has 1 aliphatic rings. The average Bonchev–Trinajstić information content (AvgIpc) is 2.63. The van der Waals surface area contributed by atoms with Gasteiger partial charge in [0.1, 0.15) is 5.60 Å². The second-order valence-corrected chi connectivity index (χ2v) is 7.59. The molecule has 0 bridgehead atoms. The van der Waals surface area contributed by atoms with Gasteiger partial charge in [0.2, 0.25) is 5.91 Å². The number of esters is 1. The van der Waals surface area contributed by atoms with E-state index in [1.807, 2.05) is 81.4 Å². The summed E-state index contributed by atoms with van der Waals surface area (Å²) in [4.78, 5) is 25.5. The molecule has 0 saturated carbocycles. The van der Waals surface area contributed by atoms with Crippen molar-refractivity contribution in [3.05, 3.63) is 71.8 Å². The van der Waals surface area contributed by atoms with E-state index in [1.165, 1.54) is 5.01 Å². The van der Waals surface area contributed by atoms with Crippen LogP contribution in [0.5, 0.6) is 0 Å². The second-order valence-electron chi connectivity index (χ2n) is 7.59. The van der Waals surface area contributed by atoms with E-state index < -0.39 is 17.5 Å². The lowest BCUT2D eigenvalue weighted by molar-refractivity contribution is -0.146.